The summed E-state index contributed by atoms with van der Waals surface area (Å²) in [6.45, 7) is 3.90. The summed E-state index contributed by atoms with van der Waals surface area (Å²) in [6, 6.07) is 13.3. The van der Waals surface area contributed by atoms with Crippen LogP contribution in [0.25, 0.3) is 11.4 Å². The van der Waals surface area contributed by atoms with Crippen molar-refractivity contribution in [2.45, 2.75) is 19.6 Å². The number of hydrogen-bond donors (Lipinski definition) is 1. The van der Waals surface area contributed by atoms with Gasteiger partial charge in [0.1, 0.15) is 0 Å². The molecule has 5 nitrogen and oxygen atoms in total. The van der Waals surface area contributed by atoms with Crippen LogP contribution in [0, 0.1) is 13.8 Å². The van der Waals surface area contributed by atoms with E-state index in [1.807, 2.05) is 50.2 Å². The fourth-order valence-electron chi connectivity index (χ4n) is 2.29. The number of carbonyl (C=O) groups excluding carboxylic acids is 1. The molecule has 0 radical (unpaired) electrons. The first kappa shape index (κ1) is 18.5. The molecule has 0 spiro atoms. The first-order valence-electron chi connectivity index (χ1n) is 8.05. The molecule has 3 aromatic rings. The summed E-state index contributed by atoms with van der Waals surface area (Å²) in [7, 11) is 0. The van der Waals surface area contributed by atoms with Crippen LogP contribution in [0.5, 0.6) is 0 Å². The number of nitrogens with zero attached hydrogens (tertiary/aromatic N) is 2. The van der Waals surface area contributed by atoms with Gasteiger partial charge in [0.05, 0.1) is 11.5 Å². The largest absolute Gasteiger partial charge is 0.338 e. The standard InChI is InChI=1S/C19H18ClN3O2S/c1-12-6-8-14(9-7-12)19-22-18(25-23-19)11-26-10-17(24)21-16-5-3-4-15(20)13(16)2/h3-9H,10-11H2,1-2H3,(H,21,24). The fourth-order valence-corrected chi connectivity index (χ4v) is 3.12. The van der Waals surface area contributed by atoms with E-state index in [4.69, 9.17) is 16.1 Å². The predicted octanol–water partition coefficient (Wildman–Crippen LogP) is 4.88. The highest BCUT2D eigenvalue weighted by atomic mass is 35.5. The zero-order valence-corrected chi connectivity index (χ0v) is 16.0. The van der Waals surface area contributed by atoms with E-state index in [2.05, 4.69) is 15.5 Å². The highest BCUT2D eigenvalue weighted by Crippen LogP contribution is 2.23. The lowest BCUT2D eigenvalue weighted by atomic mass is 10.1. The number of thioether (sulfide) groups is 1. The van der Waals surface area contributed by atoms with Crippen LogP contribution in [0.2, 0.25) is 5.02 Å². The van der Waals surface area contributed by atoms with Gasteiger partial charge in [0.15, 0.2) is 0 Å². The monoisotopic (exact) mass is 387 g/mol. The number of aryl methyl sites for hydroxylation is 1. The van der Waals surface area contributed by atoms with Crippen LogP contribution in [0.4, 0.5) is 5.69 Å². The summed E-state index contributed by atoms with van der Waals surface area (Å²) in [6.07, 6.45) is 0. The first-order valence-corrected chi connectivity index (χ1v) is 9.58. The van der Waals surface area contributed by atoms with E-state index >= 15 is 0 Å². The van der Waals surface area contributed by atoms with E-state index in [-0.39, 0.29) is 11.7 Å². The number of carbonyl (C=O) groups is 1. The molecule has 0 saturated carbocycles. The molecule has 0 aliphatic carbocycles. The smallest absolute Gasteiger partial charge is 0.236 e. The van der Waals surface area contributed by atoms with Gasteiger partial charge in [-0.3, -0.25) is 4.79 Å². The maximum Gasteiger partial charge on any atom is 0.236 e. The second-order valence-corrected chi connectivity index (χ2v) is 7.22. The third kappa shape index (κ3) is 4.65. The zero-order chi connectivity index (χ0) is 18.5. The molecule has 0 unspecified atom stereocenters. The number of anilines is 1. The van der Waals surface area contributed by atoms with Crippen molar-refractivity contribution >= 4 is 35.0 Å². The quantitative estimate of drug-likeness (QED) is 0.652. The predicted molar refractivity (Wildman–Crippen MR) is 105 cm³/mol. The average Bonchev–Trinajstić information content (AvgIpc) is 3.08. The van der Waals surface area contributed by atoms with Crippen molar-refractivity contribution in [3.8, 4) is 11.4 Å². The van der Waals surface area contributed by atoms with Gasteiger partial charge in [0.2, 0.25) is 17.6 Å². The van der Waals surface area contributed by atoms with Crippen molar-refractivity contribution in [1.29, 1.82) is 0 Å². The van der Waals surface area contributed by atoms with Gasteiger partial charge in [0, 0.05) is 16.3 Å². The Kier molecular flexibility index (Phi) is 5.96. The summed E-state index contributed by atoms with van der Waals surface area (Å²) in [4.78, 5) is 16.5. The molecular formula is C19H18ClN3O2S. The summed E-state index contributed by atoms with van der Waals surface area (Å²) >= 11 is 7.47. The Balaban J connectivity index is 1.51. The van der Waals surface area contributed by atoms with E-state index in [1.54, 1.807) is 6.07 Å². The number of benzene rings is 2. The minimum absolute atomic E-state index is 0.0985. The lowest BCUT2D eigenvalue weighted by Crippen LogP contribution is -2.15. The van der Waals surface area contributed by atoms with Crippen molar-refractivity contribution < 1.29 is 9.32 Å². The first-order chi connectivity index (χ1) is 12.5. The fraction of sp³-hybridized carbons (Fsp3) is 0.211. The van der Waals surface area contributed by atoms with E-state index < -0.39 is 0 Å². The molecule has 0 aliphatic heterocycles. The number of halogens is 1. The van der Waals surface area contributed by atoms with E-state index in [0.717, 1.165) is 16.8 Å². The number of rotatable bonds is 6. The second kappa shape index (κ2) is 8.38. The highest BCUT2D eigenvalue weighted by Gasteiger charge is 2.11. The molecular weight excluding hydrogens is 370 g/mol. The molecule has 0 atom stereocenters. The van der Waals surface area contributed by atoms with Crippen LogP contribution in [0.15, 0.2) is 47.0 Å². The van der Waals surface area contributed by atoms with Gasteiger partial charge in [-0.25, -0.2) is 0 Å². The van der Waals surface area contributed by atoms with Gasteiger partial charge in [-0.2, -0.15) is 4.98 Å². The number of nitrogens with one attached hydrogen (secondary N) is 1. The van der Waals surface area contributed by atoms with Crippen molar-refractivity contribution in [2.24, 2.45) is 0 Å². The lowest BCUT2D eigenvalue weighted by Gasteiger charge is -2.08. The summed E-state index contributed by atoms with van der Waals surface area (Å²) < 4.78 is 5.25. The maximum absolute atomic E-state index is 12.1. The number of hydrogen-bond acceptors (Lipinski definition) is 5. The molecule has 1 N–H and O–H groups in total. The van der Waals surface area contributed by atoms with Crippen LogP contribution < -0.4 is 5.32 Å². The van der Waals surface area contributed by atoms with Crippen molar-refractivity contribution in [3.05, 3.63) is 64.5 Å². The van der Waals surface area contributed by atoms with E-state index in [0.29, 0.717) is 22.5 Å². The molecule has 2 aromatic carbocycles. The summed E-state index contributed by atoms with van der Waals surface area (Å²) in [5.41, 5.74) is 3.66. The third-order valence-corrected chi connectivity index (χ3v) is 5.11. The van der Waals surface area contributed by atoms with Crippen molar-refractivity contribution in [2.75, 3.05) is 11.1 Å². The maximum atomic E-state index is 12.1. The molecule has 0 aliphatic rings. The van der Waals surface area contributed by atoms with Gasteiger partial charge in [-0.15, -0.1) is 11.8 Å². The van der Waals surface area contributed by atoms with Gasteiger partial charge in [0.25, 0.3) is 0 Å². The van der Waals surface area contributed by atoms with Crippen molar-refractivity contribution in [1.82, 2.24) is 10.1 Å². The molecule has 0 bridgehead atoms. The minimum Gasteiger partial charge on any atom is -0.338 e. The lowest BCUT2D eigenvalue weighted by molar-refractivity contribution is -0.113. The molecule has 7 heteroatoms. The van der Waals surface area contributed by atoms with Gasteiger partial charge in [-0.1, -0.05) is 52.7 Å². The molecule has 3 rings (SSSR count). The van der Waals surface area contributed by atoms with Gasteiger partial charge >= 0.3 is 0 Å². The van der Waals surface area contributed by atoms with Gasteiger partial charge < -0.3 is 9.84 Å². The molecule has 1 amide bonds. The van der Waals surface area contributed by atoms with Crippen LogP contribution in [0.3, 0.4) is 0 Å². The van der Waals surface area contributed by atoms with Crippen LogP contribution in [0.1, 0.15) is 17.0 Å². The number of aromatic nitrogens is 2. The van der Waals surface area contributed by atoms with Gasteiger partial charge in [-0.05, 0) is 31.5 Å². The summed E-state index contributed by atoms with van der Waals surface area (Å²) in [5, 5.41) is 7.48. The summed E-state index contributed by atoms with van der Waals surface area (Å²) in [5.74, 6) is 1.71. The van der Waals surface area contributed by atoms with Crippen molar-refractivity contribution in [3.63, 3.8) is 0 Å². The Morgan fingerprint density at radius 3 is 2.73 bits per heavy atom. The highest BCUT2D eigenvalue weighted by molar-refractivity contribution is 7.99. The zero-order valence-electron chi connectivity index (χ0n) is 14.5. The Morgan fingerprint density at radius 1 is 1.19 bits per heavy atom. The number of amides is 1. The normalized spacial score (nSPS) is 10.7. The Hall–Kier alpha value is -2.31. The van der Waals surface area contributed by atoms with Crippen LogP contribution >= 0.6 is 23.4 Å². The second-order valence-electron chi connectivity index (χ2n) is 5.83. The molecule has 0 fully saturated rings. The SMILES string of the molecule is Cc1ccc(-c2noc(CSCC(=O)Nc3cccc(Cl)c3C)n2)cc1. The Bertz CT molecular complexity index is 909. The van der Waals surface area contributed by atoms with Crippen LogP contribution in [-0.4, -0.2) is 21.8 Å². The topological polar surface area (TPSA) is 68.0 Å². The molecule has 1 heterocycles. The Labute approximate surface area is 161 Å². The van der Waals surface area contributed by atoms with Crippen LogP contribution in [-0.2, 0) is 10.5 Å². The molecule has 134 valence electrons. The van der Waals surface area contributed by atoms with E-state index in [9.17, 15) is 4.79 Å². The average molecular weight is 388 g/mol. The molecule has 26 heavy (non-hydrogen) atoms. The molecule has 0 saturated heterocycles. The Morgan fingerprint density at radius 2 is 1.96 bits per heavy atom. The third-order valence-electron chi connectivity index (χ3n) is 3.78. The molecule has 1 aromatic heterocycles. The van der Waals surface area contributed by atoms with E-state index in [1.165, 1.54) is 17.3 Å². The minimum atomic E-state index is -0.0985.